The quantitative estimate of drug-likeness (QED) is 0.737. The van der Waals surface area contributed by atoms with Crippen molar-refractivity contribution in [1.29, 1.82) is 0 Å². The fourth-order valence-electron chi connectivity index (χ4n) is 1.95. The van der Waals surface area contributed by atoms with Gasteiger partial charge in [-0.05, 0) is 24.3 Å². The standard InChI is InChI=1S/C15H11F2N3O4/c1-22-13-7-9(3-4-11(13)18)20-15(21)24-14(19-20)23-12-5-2-8(16)6-10(12)17/h2-7H,18H2,1H3. The summed E-state index contributed by atoms with van der Waals surface area (Å²) in [5, 5.41) is 3.80. The fraction of sp³-hybridized carbons (Fsp3) is 0.0667. The van der Waals surface area contributed by atoms with Gasteiger partial charge >= 0.3 is 11.8 Å². The molecule has 1 heterocycles. The van der Waals surface area contributed by atoms with Crippen molar-refractivity contribution >= 4 is 5.69 Å². The monoisotopic (exact) mass is 335 g/mol. The van der Waals surface area contributed by atoms with E-state index < -0.39 is 23.5 Å². The van der Waals surface area contributed by atoms with Crippen molar-refractivity contribution in [2.75, 3.05) is 12.8 Å². The van der Waals surface area contributed by atoms with Crippen LogP contribution in [-0.2, 0) is 0 Å². The Bertz CT molecular complexity index is 952. The van der Waals surface area contributed by atoms with Crippen molar-refractivity contribution in [3.63, 3.8) is 0 Å². The van der Waals surface area contributed by atoms with E-state index in [2.05, 4.69) is 5.10 Å². The van der Waals surface area contributed by atoms with Crippen LogP contribution in [0.4, 0.5) is 14.5 Å². The van der Waals surface area contributed by atoms with E-state index in [1.54, 1.807) is 0 Å². The molecule has 0 aliphatic rings. The zero-order valence-electron chi connectivity index (χ0n) is 12.3. The largest absolute Gasteiger partial charge is 0.495 e. The minimum atomic E-state index is -0.957. The van der Waals surface area contributed by atoms with E-state index in [0.29, 0.717) is 23.2 Å². The minimum absolute atomic E-state index is 0.309. The van der Waals surface area contributed by atoms with E-state index in [4.69, 9.17) is 19.6 Å². The van der Waals surface area contributed by atoms with Crippen LogP contribution in [0.5, 0.6) is 17.6 Å². The summed E-state index contributed by atoms with van der Waals surface area (Å²) in [4.78, 5) is 11.9. The van der Waals surface area contributed by atoms with Gasteiger partial charge in [-0.1, -0.05) is 5.10 Å². The lowest BCUT2D eigenvalue weighted by Crippen LogP contribution is -2.13. The second kappa shape index (κ2) is 6.03. The Hall–Kier alpha value is -3.36. The predicted octanol–water partition coefficient (Wildman–Crippen LogP) is 2.49. The molecule has 2 aromatic carbocycles. The number of anilines is 1. The lowest BCUT2D eigenvalue weighted by atomic mass is 10.2. The van der Waals surface area contributed by atoms with Gasteiger partial charge in [-0.2, -0.15) is 4.68 Å². The van der Waals surface area contributed by atoms with Gasteiger partial charge in [0.2, 0.25) is 0 Å². The number of methoxy groups -OCH3 is 1. The van der Waals surface area contributed by atoms with Crippen LogP contribution in [0, 0.1) is 11.6 Å². The first kappa shape index (κ1) is 15.5. The number of nitrogen functional groups attached to an aromatic ring is 1. The zero-order chi connectivity index (χ0) is 17.3. The third-order valence-electron chi connectivity index (χ3n) is 3.08. The lowest BCUT2D eigenvalue weighted by molar-refractivity contribution is 0.308. The molecule has 0 unspecified atom stereocenters. The van der Waals surface area contributed by atoms with Crippen molar-refractivity contribution in [2.24, 2.45) is 0 Å². The number of nitrogens with two attached hydrogens (primary N) is 1. The predicted molar refractivity (Wildman–Crippen MR) is 79.5 cm³/mol. The van der Waals surface area contributed by atoms with E-state index in [9.17, 15) is 13.6 Å². The molecule has 3 rings (SSSR count). The van der Waals surface area contributed by atoms with Crippen LogP contribution >= 0.6 is 0 Å². The van der Waals surface area contributed by atoms with Crippen molar-refractivity contribution in [1.82, 2.24) is 9.78 Å². The molecule has 3 aromatic rings. The Morgan fingerprint density at radius 1 is 1.17 bits per heavy atom. The van der Waals surface area contributed by atoms with E-state index in [0.717, 1.165) is 16.8 Å². The number of nitrogens with zero attached hydrogens (tertiary/aromatic N) is 2. The van der Waals surface area contributed by atoms with Crippen molar-refractivity contribution in [3.8, 4) is 23.3 Å². The molecule has 24 heavy (non-hydrogen) atoms. The van der Waals surface area contributed by atoms with Crippen molar-refractivity contribution in [2.45, 2.75) is 0 Å². The average molecular weight is 335 g/mol. The maximum absolute atomic E-state index is 13.6. The second-order valence-corrected chi connectivity index (χ2v) is 4.65. The highest BCUT2D eigenvalue weighted by Crippen LogP contribution is 2.25. The van der Waals surface area contributed by atoms with Gasteiger partial charge in [0.1, 0.15) is 11.6 Å². The number of aromatic nitrogens is 2. The number of ether oxygens (including phenoxy) is 2. The van der Waals surface area contributed by atoms with Gasteiger partial charge in [-0.3, -0.25) is 0 Å². The van der Waals surface area contributed by atoms with Gasteiger partial charge in [0.25, 0.3) is 0 Å². The summed E-state index contributed by atoms with van der Waals surface area (Å²) in [5.41, 5.74) is 6.39. The number of rotatable bonds is 4. The van der Waals surface area contributed by atoms with Crippen molar-refractivity contribution in [3.05, 3.63) is 58.6 Å². The van der Waals surface area contributed by atoms with Crippen LogP contribution in [0.15, 0.2) is 45.6 Å². The highest BCUT2D eigenvalue weighted by molar-refractivity contribution is 5.57. The molecule has 0 fully saturated rings. The molecule has 0 amide bonds. The third-order valence-corrected chi connectivity index (χ3v) is 3.08. The Labute approximate surface area is 133 Å². The smallest absolute Gasteiger partial charge is 0.444 e. The second-order valence-electron chi connectivity index (χ2n) is 4.65. The van der Waals surface area contributed by atoms with Gasteiger partial charge in [0.15, 0.2) is 11.6 Å². The average Bonchev–Trinajstić information content (AvgIpc) is 2.91. The number of hydrogen-bond donors (Lipinski definition) is 1. The molecule has 0 saturated carbocycles. The molecule has 1 aromatic heterocycles. The van der Waals surface area contributed by atoms with Crippen LogP contribution in [0.1, 0.15) is 0 Å². The maximum atomic E-state index is 13.6. The molecule has 7 nitrogen and oxygen atoms in total. The Kier molecular flexibility index (Phi) is 3.90. The van der Waals surface area contributed by atoms with Crippen LogP contribution in [-0.4, -0.2) is 16.9 Å². The first-order valence-corrected chi connectivity index (χ1v) is 6.65. The Morgan fingerprint density at radius 3 is 2.67 bits per heavy atom. The third kappa shape index (κ3) is 2.91. The lowest BCUT2D eigenvalue weighted by Gasteiger charge is -2.05. The number of hydrogen-bond acceptors (Lipinski definition) is 6. The molecule has 0 bridgehead atoms. The maximum Gasteiger partial charge on any atom is 0.444 e. The molecule has 0 radical (unpaired) electrons. The summed E-state index contributed by atoms with van der Waals surface area (Å²) in [6, 6.07) is 7.20. The van der Waals surface area contributed by atoms with Gasteiger partial charge in [-0.15, -0.1) is 0 Å². The minimum Gasteiger partial charge on any atom is -0.495 e. The van der Waals surface area contributed by atoms with E-state index in [1.165, 1.54) is 25.3 Å². The van der Waals surface area contributed by atoms with E-state index in [-0.39, 0.29) is 5.75 Å². The molecular weight excluding hydrogens is 324 g/mol. The highest BCUT2D eigenvalue weighted by Gasteiger charge is 2.15. The van der Waals surface area contributed by atoms with Gasteiger partial charge in [-0.25, -0.2) is 13.6 Å². The molecule has 0 atom stereocenters. The Morgan fingerprint density at radius 2 is 1.96 bits per heavy atom. The molecule has 124 valence electrons. The summed E-state index contributed by atoms with van der Waals surface area (Å²) in [6.45, 7) is 0. The first-order valence-electron chi connectivity index (χ1n) is 6.65. The van der Waals surface area contributed by atoms with Crippen molar-refractivity contribution < 1.29 is 22.7 Å². The zero-order valence-corrected chi connectivity index (χ0v) is 12.3. The summed E-state index contributed by atoms with van der Waals surface area (Å²) < 4.78 is 42.2. The highest BCUT2D eigenvalue weighted by atomic mass is 19.1. The summed E-state index contributed by atoms with van der Waals surface area (Å²) in [5.74, 6) is -2.57. The molecule has 0 aliphatic carbocycles. The van der Waals surface area contributed by atoms with Crippen LogP contribution in [0.2, 0.25) is 0 Å². The van der Waals surface area contributed by atoms with Crippen LogP contribution in [0.25, 0.3) is 5.69 Å². The molecular formula is C15H11F2N3O4. The Balaban J connectivity index is 1.94. The number of benzene rings is 2. The summed E-state index contributed by atoms with van der Waals surface area (Å²) in [7, 11) is 1.42. The summed E-state index contributed by atoms with van der Waals surface area (Å²) in [6.07, 6.45) is -0.499. The van der Waals surface area contributed by atoms with Crippen LogP contribution < -0.4 is 21.0 Å². The molecule has 0 saturated heterocycles. The fourth-order valence-corrected chi connectivity index (χ4v) is 1.95. The van der Waals surface area contributed by atoms with E-state index in [1.807, 2.05) is 0 Å². The topological polar surface area (TPSA) is 92.5 Å². The molecule has 0 spiro atoms. The molecule has 0 aliphatic heterocycles. The molecule has 2 N–H and O–H groups in total. The number of halogens is 2. The van der Waals surface area contributed by atoms with Crippen LogP contribution in [0.3, 0.4) is 0 Å². The SMILES string of the molecule is COc1cc(-n2nc(Oc3ccc(F)cc3F)oc2=O)ccc1N. The van der Waals surface area contributed by atoms with Gasteiger partial charge < -0.3 is 19.6 Å². The summed E-state index contributed by atoms with van der Waals surface area (Å²) >= 11 is 0. The molecule has 9 heteroatoms. The van der Waals surface area contributed by atoms with Gasteiger partial charge in [0.05, 0.1) is 18.5 Å². The normalized spacial score (nSPS) is 10.6. The van der Waals surface area contributed by atoms with Gasteiger partial charge in [0, 0.05) is 12.1 Å². The van der Waals surface area contributed by atoms with E-state index >= 15 is 0 Å². The first-order chi connectivity index (χ1) is 11.5.